The van der Waals surface area contributed by atoms with Crippen molar-refractivity contribution >= 4 is 0 Å². The zero-order valence-electron chi connectivity index (χ0n) is 13.1. The van der Waals surface area contributed by atoms with E-state index in [1.807, 2.05) is 0 Å². The molecule has 1 atom stereocenters. The Bertz CT molecular complexity index is 219. The molecule has 1 N–H and O–H groups in total. The molecule has 18 heavy (non-hydrogen) atoms. The van der Waals surface area contributed by atoms with Gasteiger partial charge < -0.3 is 10.1 Å². The van der Waals surface area contributed by atoms with Crippen LogP contribution in [0.4, 0.5) is 0 Å². The summed E-state index contributed by atoms with van der Waals surface area (Å²) in [5.41, 5.74) is 0.0879. The van der Waals surface area contributed by atoms with Crippen molar-refractivity contribution in [3.8, 4) is 0 Å². The molecule has 0 saturated heterocycles. The van der Waals surface area contributed by atoms with Crippen molar-refractivity contribution in [2.75, 3.05) is 13.2 Å². The maximum atomic E-state index is 6.28. The van der Waals surface area contributed by atoms with Gasteiger partial charge in [-0.05, 0) is 57.4 Å². The van der Waals surface area contributed by atoms with E-state index in [0.29, 0.717) is 12.0 Å². The average molecular weight is 255 g/mol. The van der Waals surface area contributed by atoms with Gasteiger partial charge in [-0.2, -0.15) is 0 Å². The Labute approximate surface area is 114 Å². The summed E-state index contributed by atoms with van der Waals surface area (Å²) >= 11 is 0. The van der Waals surface area contributed by atoms with Gasteiger partial charge in [-0.1, -0.05) is 27.7 Å². The summed E-state index contributed by atoms with van der Waals surface area (Å²) in [4.78, 5) is 0. The summed E-state index contributed by atoms with van der Waals surface area (Å²) in [5, 5.41) is 3.75. The molecule has 0 heterocycles. The van der Waals surface area contributed by atoms with Gasteiger partial charge in [-0.15, -0.1) is 0 Å². The second-order valence-electron chi connectivity index (χ2n) is 6.36. The molecule has 1 saturated carbocycles. The molecular weight excluding hydrogens is 222 g/mol. The standard InChI is InChI=1S/C16H33NO/c1-6-12-17-15(13(3)4)16(18-7-2)10-8-14(5)9-11-16/h13-15,17H,6-12H2,1-5H3. The van der Waals surface area contributed by atoms with E-state index in [1.54, 1.807) is 0 Å². The molecule has 0 radical (unpaired) electrons. The first kappa shape index (κ1) is 16.0. The van der Waals surface area contributed by atoms with Crippen LogP contribution in [-0.2, 0) is 4.74 Å². The van der Waals surface area contributed by atoms with Gasteiger partial charge in [0.05, 0.1) is 5.60 Å². The molecule has 1 aliphatic rings. The summed E-state index contributed by atoms with van der Waals surface area (Å²) in [7, 11) is 0. The minimum Gasteiger partial charge on any atom is -0.374 e. The molecule has 0 spiro atoms. The molecule has 2 heteroatoms. The van der Waals surface area contributed by atoms with E-state index < -0.39 is 0 Å². The van der Waals surface area contributed by atoms with E-state index in [2.05, 4.69) is 39.9 Å². The molecular formula is C16H33NO. The molecule has 2 nitrogen and oxygen atoms in total. The smallest absolute Gasteiger partial charge is 0.0837 e. The second kappa shape index (κ2) is 7.49. The van der Waals surface area contributed by atoms with Crippen LogP contribution in [0.2, 0.25) is 0 Å². The van der Waals surface area contributed by atoms with Crippen molar-refractivity contribution in [3.63, 3.8) is 0 Å². The van der Waals surface area contributed by atoms with Crippen LogP contribution in [0.25, 0.3) is 0 Å². The van der Waals surface area contributed by atoms with Crippen molar-refractivity contribution in [3.05, 3.63) is 0 Å². The summed E-state index contributed by atoms with van der Waals surface area (Å²) in [6.45, 7) is 13.3. The van der Waals surface area contributed by atoms with Gasteiger partial charge in [0, 0.05) is 12.6 Å². The van der Waals surface area contributed by atoms with E-state index in [0.717, 1.165) is 19.1 Å². The quantitative estimate of drug-likeness (QED) is 0.742. The third-order valence-corrected chi connectivity index (χ3v) is 4.40. The van der Waals surface area contributed by atoms with Crippen LogP contribution >= 0.6 is 0 Å². The topological polar surface area (TPSA) is 21.3 Å². The fourth-order valence-corrected chi connectivity index (χ4v) is 3.41. The van der Waals surface area contributed by atoms with Crippen LogP contribution in [0.1, 0.15) is 66.7 Å². The lowest BCUT2D eigenvalue weighted by Gasteiger charge is -2.47. The van der Waals surface area contributed by atoms with Gasteiger partial charge in [0.25, 0.3) is 0 Å². The highest BCUT2D eigenvalue weighted by Crippen LogP contribution is 2.39. The molecule has 1 fully saturated rings. The molecule has 1 rings (SSSR count). The van der Waals surface area contributed by atoms with Gasteiger partial charge in [0.15, 0.2) is 0 Å². The highest BCUT2D eigenvalue weighted by molar-refractivity contribution is 4.98. The maximum Gasteiger partial charge on any atom is 0.0837 e. The number of ether oxygens (including phenoxy) is 1. The van der Waals surface area contributed by atoms with E-state index in [-0.39, 0.29) is 5.60 Å². The van der Waals surface area contributed by atoms with Crippen molar-refractivity contribution in [2.24, 2.45) is 11.8 Å². The predicted octanol–water partition coefficient (Wildman–Crippen LogP) is 4.00. The van der Waals surface area contributed by atoms with E-state index >= 15 is 0 Å². The highest BCUT2D eigenvalue weighted by Gasteiger charge is 2.42. The van der Waals surface area contributed by atoms with E-state index in [4.69, 9.17) is 4.74 Å². The third-order valence-electron chi connectivity index (χ3n) is 4.40. The summed E-state index contributed by atoms with van der Waals surface area (Å²) < 4.78 is 6.28. The lowest BCUT2D eigenvalue weighted by Crippen LogP contribution is -2.57. The van der Waals surface area contributed by atoms with Gasteiger partial charge >= 0.3 is 0 Å². The Morgan fingerprint density at radius 1 is 1.22 bits per heavy atom. The average Bonchev–Trinajstić information content (AvgIpc) is 2.33. The molecule has 0 bridgehead atoms. The first-order chi connectivity index (χ1) is 8.55. The molecule has 0 aromatic heterocycles. The van der Waals surface area contributed by atoms with Crippen LogP contribution in [0.3, 0.4) is 0 Å². The van der Waals surface area contributed by atoms with Crippen LogP contribution in [-0.4, -0.2) is 24.8 Å². The van der Waals surface area contributed by atoms with Gasteiger partial charge in [-0.25, -0.2) is 0 Å². The van der Waals surface area contributed by atoms with Crippen LogP contribution in [0.5, 0.6) is 0 Å². The Balaban J connectivity index is 2.78. The lowest BCUT2D eigenvalue weighted by molar-refractivity contribution is -0.105. The molecule has 1 aliphatic carbocycles. The molecule has 108 valence electrons. The summed E-state index contributed by atoms with van der Waals surface area (Å²) in [5.74, 6) is 1.51. The third kappa shape index (κ3) is 3.96. The lowest BCUT2D eigenvalue weighted by atomic mass is 9.72. The van der Waals surface area contributed by atoms with Crippen molar-refractivity contribution < 1.29 is 4.74 Å². The SMILES string of the molecule is CCCNC(C(C)C)C1(OCC)CCC(C)CC1. The van der Waals surface area contributed by atoms with Crippen LogP contribution in [0, 0.1) is 11.8 Å². The Morgan fingerprint density at radius 2 is 1.83 bits per heavy atom. The predicted molar refractivity (Wildman–Crippen MR) is 78.9 cm³/mol. The van der Waals surface area contributed by atoms with Crippen LogP contribution in [0.15, 0.2) is 0 Å². The van der Waals surface area contributed by atoms with Gasteiger partial charge in [-0.3, -0.25) is 0 Å². The first-order valence-corrected chi connectivity index (χ1v) is 7.93. The van der Waals surface area contributed by atoms with E-state index in [1.165, 1.54) is 32.1 Å². The molecule has 0 aromatic carbocycles. The number of nitrogens with one attached hydrogen (secondary N) is 1. The zero-order valence-corrected chi connectivity index (χ0v) is 13.1. The van der Waals surface area contributed by atoms with Gasteiger partial charge in [0.1, 0.15) is 0 Å². The minimum absolute atomic E-state index is 0.0879. The fourth-order valence-electron chi connectivity index (χ4n) is 3.41. The monoisotopic (exact) mass is 255 g/mol. The van der Waals surface area contributed by atoms with Crippen molar-refractivity contribution in [1.29, 1.82) is 0 Å². The Kier molecular flexibility index (Phi) is 6.65. The molecule has 1 unspecified atom stereocenters. The summed E-state index contributed by atoms with van der Waals surface area (Å²) in [6.07, 6.45) is 6.28. The first-order valence-electron chi connectivity index (χ1n) is 7.93. The largest absolute Gasteiger partial charge is 0.374 e. The molecule has 0 aliphatic heterocycles. The minimum atomic E-state index is 0.0879. The maximum absolute atomic E-state index is 6.28. The fraction of sp³-hybridized carbons (Fsp3) is 1.00. The second-order valence-corrected chi connectivity index (χ2v) is 6.36. The molecule has 0 amide bonds. The normalized spacial score (nSPS) is 30.7. The Hall–Kier alpha value is -0.0800. The van der Waals surface area contributed by atoms with Gasteiger partial charge in [0.2, 0.25) is 0 Å². The number of hydrogen-bond donors (Lipinski definition) is 1. The van der Waals surface area contributed by atoms with Crippen molar-refractivity contribution in [1.82, 2.24) is 5.32 Å². The van der Waals surface area contributed by atoms with Crippen LogP contribution < -0.4 is 5.32 Å². The zero-order chi connectivity index (χ0) is 13.6. The summed E-state index contributed by atoms with van der Waals surface area (Å²) in [6, 6.07) is 0.505. The number of rotatable bonds is 7. The highest BCUT2D eigenvalue weighted by atomic mass is 16.5. The number of hydrogen-bond acceptors (Lipinski definition) is 2. The van der Waals surface area contributed by atoms with Crippen molar-refractivity contribution in [2.45, 2.75) is 78.4 Å². The molecule has 0 aromatic rings. The Morgan fingerprint density at radius 3 is 2.28 bits per heavy atom. The van der Waals surface area contributed by atoms with E-state index in [9.17, 15) is 0 Å².